The molecule has 3 heterocycles. The smallest absolute Gasteiger partial charge is 0.341 e. The highest BCUT2D eigenvalue weighted by atomic mass is 19.1. The summed E-state index contributed by atoms with van der Waals surface area (Å²) < 4.78 is 16.5. The van der Waals surface area contributed by atoms with Gasteiger partial charge in [-0.2, -0.15) is 0 Å². The average molecular weight is 360 g/mol. The standard InChI is InChI=1S/C18H21FN4O3/c1-2-10-8-22(6-5-20-10)17-14(19)7-12-15(24)13(18(25)26)9-23(11-3-4-11)16(12)21-17/h7,9-11,20H,2-6,8H2,1H3,(H,25,26). The number of nitrogens with one attached hydrogen (secondary N) is 1. The van der Waals surface area contributed by atoms with E-state index in [1.54, 1.807) is 4.57 Å². The summed E-state index contributed by atoms with van der Waals surface area (Å²) in [6, 6.07) is 1.53. The number of hydrogen-bond acceptors (Lipinski definition) is 5. The lowest BCUT2D eigenvalue weighted by atomic mass is 10.1. The Labute approximate surface area is 149 Å². The van der Waals surface area contributed by atoms with Crippen LogP contribution in [0.25, 0.3) is 11.0 Å². The van der Waals surface area contributed by atoms with Gasteiger partial charge in [-0.05, 0) is 25.3 Å². The second-order valence-electron chi connectivity index (χ2n) is 6.99. The molecule has 2 fully saturated rings. The minimum atomic E-state index is -1.30. The van der Waals surface area contributed by atoms with Crippen molar-refractivity contribution < 1.29 is 14.3 Å². The normalized spacial score (nSPS) is 20.5. The monoisotopic (exact) mass is 360 g/mol. The fraction of sp³-hybridized carbons (Fsp3) is 0.500. The first-order valence-corrected chi connectivity index (χ1v) is 8.96. The lowest BCUT2D eigenvalue weighted by molar-refractivity contribution is 0.0695. The predicted molar refractivity (Wildman–Crippen MR) is 95.5 cm³/mol. The molecule has 1 saturated heterocycles. The van der Waals surface area contributed by atoms with E-state index in [1.807, 2.05) is 4.90 Å². The predicted octanol–water partition coefficient (Wildman–Crippen LogP) is 1.76. The fourth-order valence-electron chi connectivity index (χ4n) is 3.53. The molecule has 7 nitrogen and oxygen atoms in total. The van der Waals surface area contributed by atoms with Gasteiger partial charge in [0.15, 0.2) is 11.6 Å². The summed E-state index contributed by atoms with van der Waals surface area (Å²) in [5, 5.41) is 12.7. The number of carboxylic acid groups (broad SMARTS) is 1. The van der Waals surface area contributed by atoms with Crippen LogP contribution in [-0.2, 0) is 0 Å². The minimum Gasteiger partial charge on any atom is -0.477 e. The van der Waals surface area contributed by atoms with Gasteiger partial charge in [0.05, 0.1) is 5.39 Å². The maximum atomic E-state index is 14.8. The summed E-state index contributed by atoms with van der Waals surface area (Å²) in [7, 11) is 0. The Hall–Kier alpha value is -2.48. The van der Waals surface area contributed by atoms with Crippen LogP contribution < -0.4 is 15.6 Å². The van der Waals surface area contributed by atoms with Gasteiger partial charge in [-0.1, -0.05) is 6.92 Å². The van der Waals surface area contributed by atoms with E-state index in [2.05, 4.69) is 17.2 Å². The molecule has 26 heavy (non-hydrogen) atoms. The summed E-state index contributed by atoms with van der Waals surface area (Å²) in [6.45, 7) is 4.09. The molecule has 0 radical (unpaired) electrons. The quantitative estimate of drug-likeness (QED) is 0.864. The molecular formula is C18H21FN4O3. The molecule has 2 N–H and O–H groups in total. The zero-order chi connectivity index (χ0) is 18.4. The van der Waals surface area contributed by atoms with Gasteiger partial charge in [0, 0.05) is 37.9 Å². The Balaban J connectivity index is 1.88. The summed E-state index contributed by atoms with van der Waals surface area (Å²) in [6.07, 6.45) is 4.08. The minimum absolute atomic E-state index is 0.0280. The van der Waals surface area contributed by atoms with Gasteiger partial charge in [-0.25, -0.2) is 14.2 Å². The van der Waals surface area contributed by atoms with Crippen LogP contribution in [0.5, 0.6) is 0 Å². The molecule has 8 heteroatoms. The Kier molecular flexibility index (Phi) is 4.14. The summed E-state index contributed by atoms with van der Waals surface area (Å²) in [5.41, 5.74) is -0.661. The van der Waals surface area contributed by atoms with E-state index < -0.39 is 17.2 Å². The number of hydrogen-bond donors (Lipinski definition) is 2. The number of aromatic nitrogens is 2. The molecule has 4 rings (SSSR count). The third-order valence-corrected chi connectivity index (χ3v) is 5.16. The van der Waals surface area contributed by atoms with Crippen molar-refractivity contribution in [1.82, 2.24) is 14.9 Å². The average Bonchev–Trinajstić information content (AvgIpc) is 3.47. The van der Waals surface area contributed by atoms with E-state index in [0.717, 1.165) is 31.9 Å². The maximum Gasteiger partial charge on any atom is 0.341 e. The molecule has 1 atom stereocenters. The molecule has 138 valence electrons. The molecule has 0 aromatic carbocycles. The van der Waals surface area contributed by atoms with Crippen molar-refractivity contribution in [1.29, 1.82) is 0 Å². The topological polar surface area (TPSA) is 87.5 Å². The Morgan fingerprint density at radius 2 is 2.23 bits per heavy atom. The van der Waals surface area contributed by atoms with Crippen LogP contribution in [0, 0.1) is 5.82 Å². The van der Waals surface area contributed by atoms with Crippen LogP contribution in [-0.4, -0.2) is 46.3 Å². The van der Waals surface area contributed by atoms with Crippen LogP contribution >= 0.6 is 0 Å². The number of halogens is 1. The number of nitrogens with zero attached hydrogens (tertiary/aromatic N) is 3. The highest BCUT2D eigenvalue weighted by molar-refractivity contribution is 5.92. The van der Waals surface area contributed by atoms with Crippen LogP contribution in [0.3, 0.4) is 0 Å². The van der Waals surface area contributed by atoms with Gasteiger partial charge < -0.3 is 19.9 Å². The third-order valence-electron chi connectivity index (χ3n) is 5.16. The number of carboxylic acids is 1. The van der Waals surface area contributed by atoms with Gasteiger partial charge in [0.25, 0.3) is 0 Å². The summed E-state index contributed by atoms with van der Waals surface area (Å²) in [5.74, 6) is -1.66. The van der Waals surface area contributed by atoms with Gasteiger partial charge in [-0.15, -0.1) is 0 Å². The summed E-state index contributed by atoms with van der Waals surface area (Å²) in [4.78, 5) is 30.2. The number of anilines is 1. The molecule has 2 aromatic heterocycles. The summed E-state index contributed by atoms with van der Waals surface area (Å²) >= 11 is 0. The SMILES string of the molecule is CCC1CN(c2nc3c(cc2F)c(=O)c(C(=O)O)cn3C2CC2)CCN1. The van der Waals surface area contributed by atoms with Crippen LogP contribution in [0.15, 0.2) is 17.1 Å². The molecule has 0 amide bonds. The highest BCUT2D eigenvalue weighted by Gasteiger charge is 2.29. The molecule has 1 unspecified atom stereocenters. The maximum absolute atomic E-state index is 14.8. The number of rotatable bonds is 4. The second kappa shape index (κ2) is 6.35. The molecule has 1 aliphatic carbocycles. The molecule has 2 aliphatic rings. The van der Waals surface area contributed by atoms with Crippen molar-refractivity contribution in [3.63, 3.8) is 0 Å². The first-order chi connectivity index (χ1) is 12.5. The van der Waals surface area contributed by atoms with Crippen molar-refractivity contribution in [3.05, 3.63) is 33.9 Å². The van der Waals surface area contributed by atoms with Crippen molar-refractivity contribution in [2.24, 2.45) is 0 Å². The molecule has 0 spiro atoms. The largest absolute Gasteiger partial charge is 0.477 e. The zero-order valence-electron chi connectivity index (χ0n) is 14.5. The number of fused-ring (bicyclic) bond motifs is 1. The zero-order valence-corrected chi connectivity index (χ0v) is 14.5. The Morgan fingerprint density at radius 1 is 1.46 bits per heavy atom. The van der Waals surface area contributed by atoms with Gasteiger partial charge >= 0.3 is 5.97 Å². The molecule has 1 saturated carbocycles. The first-order valence-electron chi connectivity index (χ1n) is 8.96. The third kappa shape index (κ3) is 2.84. The second-order valence-corrected chi connectivity index (χ2v) is 6.99. The Morgan fingerprint density at radius 3 is 2.88 bits per heavy atom. The van der Waals surface area contributed by atoms with Gasteiger partial charge in [0.1, 0.15) is 11.2 Å². The van der Waals surface area contributed by atoms with Gasteiger partial charge in [-0.3, -0.25) is 4.79 Å². The number of pyridine rings is 2. The molecule has 2 aromatic rings. The lowest BCUT2D eigenvalue weighted by Crippen LogP contribution is -2.51. The highest BCUT2D eigenvalue weighted by Crippen LogP contribution is 2.37. The van der Waals surface area contributed by atoms with Crippen molar-refractivity contribution in [2.45, 2.75) is 38.3 Å². The van der Waals surface area contributed by atoms with Crippen LogP contribution in [0.4, 0.5) is 10.2 Å². The van der Waals surface area contributed by atoms with Gasteiger partial charge in [0.2, 0.25) is 5.43 Å². The van der Waals surface area contributed by atoms with Crippen molar-refractivity contribution in [3.8, 4) is 0 Å². The molecule has 0 bridgehead atoms. The number of carbonyl (C=O) groups is 1. The first kappa shape index (κ1) is 17.0. The van der Waals surface area contributed by atoms with Crippen LogP contribution in [0.2, 0.25) is 0 Å². The van der Waals surface area contributed by atoms with E-state index in [1.165, 1.54) is 6.20 Å². The van der Waals surface area contributed by atoms with E-state index in [4.69, 9.17) is 0 Å². The van der Waals surface area contributed by atoms with Crippen molar-refractivity contribution >= 4 is 22.8 Å². The van der Waals surface area contributed by atoms with Crippen molar-refractivity contribution in [2.75, 3.05) is 24.5 Å². The molecular weight excluding hydrogens is 339 g/mol. The Bertz CT molecular complexity index is 938. The number of aromatic carboxylic acids is 1. The van der Waals surface area contributed by atoms with Crippen LogP contribution in [0.1, 0.15) is 42.6 Å². The van der Waals surface area contributed by atoms with E-state index >= 15 is 0 Å². The van der Waals surface area contributed by atoms with E-state index in [0.29, 0.717) is 18.7 Å². The van der Waals surface area contributed by atoms with E-state index in [-0.39, 0.29) is 28.9 Å². The number of piperazine rings is 1. The van der Waals surface area contributed by atoms with E-state index in [9.17, 15) is 19.1 Å². The fourth-order valence-corrected chi connectivity index (χ4v) is 3.53. The lowest BCUT2D eigenvalue weighted by Gasteiger charge is -2.34. The molecule has 1 aliphatic heterocycles.